The molecule has 0 aliphatic carbocycles. The average Bonchev–Trinajstić information content (AvgIpc) is 2.71. The third-order valence-corrected chi connectivity index (χ3v) is 3.35. The number of esters is 1. The number of allylic oxidation sites excluding steroid dienone is 1. The van der Waals surface area contributed by atoms with Gasteiger partial charge in [-0.1, -0.05) is 5.57 Å². The predicted octanol–water partition coefficient (Wildman–Crippen LogP) is 2.57. The fourth-order valence-corrected chi connectivity index (χ4v) is 2.39. The molecule has 112 valence electrons. The molecule has 0 bridgehead atoms. The number of cyclic esters (lactones) is 1. The summed E-state index contributed by atoms with van der Waals surface area (Å²) in [6.45, 7) is 3.83. The Morgan fingerprint density at radius 2 is 2.10 bits per heavy atom. The van der Waals surface area contributed by atoms with E-state index in [1.807, 2.05) is 19.9 Å². The highest BCUT2D eigenvalue weighted by Gasteiger charge is 2.35. The summed E-state index contributed by atoms with van der Waals surface area (Å²) in [5, 5.41) is 19.0. The van der Waals surface area contributed by atoms with E-state index in [0.717, 1.165) is 5.57 Å². The van der Waals surface area contributed by atoms with Crippen LogP contribution in [0.4, 0.5) is 0 Å². The first-order valence-corrected chi connectivity index (χ1v) is 6.77. The Morgan fingerprint density at radius 1 is 1.38 bits per heavy atom. The van der Waals surface area contributed by atoms with Crippen LogP contribution in [0.2, 0.25) is 0 Å². The van der Waals surface area contributed by atoms with Gasteiger partial charge < -0.3 is 14.9 Å². The van der Waals surface area contributed by atoms with Crippen molar-refractivity contribution in [2.24, 2.45) is 5.92 Å². The van der Waals surface area contributed by atoms with Crippen LogP contribution >= 0.6 is 0 Å². The molecule has 1 saturated heterocycles. The van der Waals surface area contributed by atoms with Crippen LogP contribution in [0.25, 0.3) is 0 Å². The monoisotopic (exact) mass is 290 g/mol. The van der Waals surface area contributed by atoms with Crippen molar-refractivity contribution in [1.29, 1.82) is 0 Å². The van der Waals surface area contributed by atoms with Crippen LogP contribution < -0.4 is 0 Å². The van der Waals surface area contributed by atoms with Crippen LogP contribution in [0.3, 0.4) is 0 Å². The number of phenols is 2. The van der Waals surface area contributed by atoms with E-state index in [1.54, 1.807) is 0 Å². The van der Waals surface area contributed by atoms with Crippen LogP contribution in [0.1, 0.15) is 37.0 Å². The maximum Gasteiger partial charge on any atom is 0.310 e. The van der Waals surface area contributed by atoms with Gasteiger partial charge in [0.25, 0.3) is 0 Å². The van der Waals surface area contributed by atoms with Gasteiger partial charge in [0, 0.05) is 12.8 Å². The van der Waals surface area contributed by atoms with Crippen LogP contribution in [-0.4, -0.2) is 28.1 Å². The first-order chi connectivity index (χ1) is 9.86. The highest BCUT2D eigenvalue weighted by molar-refractivity contribution is 6.00. The molecule has 0 unspecified atom stereocenters. The molecule has 0 saturated carbocycles. The quantitative estimate of drug-likeness (QED) is 0.385. The zero-order valence-corrected chi connectivity index (χ0v) is 12.0. The van der Waals surface area contributed by atoms with Crippen molar-refractivity contribution in [1.82, 2.24) is 0 Å². The number of carbonyl (C=O) groups is 2. The molecule has 1 fully saturated rings. The molecule has 0 amide bonds. The molecule has 2 atom stereocenters. The lowest BCUT2D eigenvalue weighted by atomic mass is 9.94. The van der Waals surface area contributed by atoms with Crippen molar-refractivity contribution < 1.29 is 24.5 Å². The second kappa shape index (κ2) is 5.99. The number of rotatable bonds is 4. The highest BCUT2D eigenvalue weighted by Crippen LogP contribution is 2.30. The summed E-state index contributed by atoms with van der Waals surface area (Å²) >= 11 is 0. The maximum atomic E-state index is 12.2. The van der Waals surface area contributed by atoms with E-state index in [-0.39, 0.29) is 35.4 Å². The van der Waals surface area contributed by atoms with E-state index < -0.39 is 11.9 Å². The summed E-state index contributed by atoms with van der Waals surface area (Å²) in [6, 6.07) is 3.74. The smallest absolute Gasteiger partial charge is 0.310 e. The first kappa shape index (κ1) is 15.1. The fourth-order valence-electron chi connectivity index (χ4n) is 2.39. The summed E-state index contributed by atoms with van der Waals surface area (Å²) < 4.78 is 5.20. The van der Waals surface area contributed by atoms with Gasteiger partial charge in [-0.3, -0.25) is 9.59 Å². The molecule has 1 heterocycles. The van der Waals surface area contributed by atoms with E-state index in [0.29, 0.717) is 6.42 Å². The first-order valence-electron chi connectivity index (χ1n) is 6.77. The molecule has 1 aromatic rings. The fraction of sp³-hybridized carbons (Fsp3) is 0.375. The molecule has 1 aromatic carbocycles. The SMILES string of the molecule is CC(C)=C[C@@H]1C[C@@H](CC(=O)c2cc(O)ccc2O)C(=O)O1. The van der Waals surface area contributed by atoms with Crippen molar-refractivity contribution in [3.8, 4) is 11.5 Å². The topological polar surface area (TPSA) is 83.8 Å². The van der Waals surface area contributed by atoms with Gasteiger partial charge in [-0.05, 0) is 38.1 Å². The van der Waals surface area contributed by atoms with Gasteiger partial charge in [0.15, 0.2) is 5.78 Å². The summed E-state index contributed by atoms with van der Waals surface area (Å²) in [4.78, 5) is 23.9. The van der Waals surface area contributed by atoms with Crippen LogP contribution in [0.5, 0.6) is 11.5 Å². The van der Waals surface area contributed by atoms with E-state index in [1.165, 1.54) is 18.2 Å². The second-order valence-corrected chi connectivity index (χ2v) is 5.48. The molecule has 0 radical (unpaired) electrons. The van der Waals surface area contributed by atoms with Gasteiger partial charge in [0.05, 0.1) is 11.5 Å². The predicted molar refractivity (Wildman–Crippen MR) is 76.1 cm³/mol. The van der Waals surface area contributed by atoms with Gasteiger partial charge >= 0.3 is 5.97 Å². The Morgan fingerprint density at radius 3 is 2.76 bits per heavy atom. The van der Waals surface area contributed by atoms with Crippen molar-refractivity contribution >= 4 is 11.8 Å². The van der Waals surface area contributed by atoms with Gasteiger partial charge in [-0.2, -0.15) is 0 Å². The zero-order valence-electron chi connectivity index (χ0n) is 12.0. The largest absolute Gasteiger partial charge is 0.508 e. The number of carbonyl (C=O) groups excluding carboxylic acids is 2. The van der Waals surface area contributed by atoms with Crippen molar-refractivity contribution in [3.05, 3.63) is 35.4 Å². The lowest BCUT2D eigenvalue weighted by Crippen LogP contribution is -2.13. The minimum absolute atomic E-state index is 0.0217. The number of Topliss-reactive ketones (excluding diaryl/α,β-unsaturated/α-hetero) is 1. The van der Waals surface area contributed by atoms with Crippen LogP contribution in [0.15, 0.2) is 29.8 Å². The molecule has 2 N–H and O–H groups in total. The molecular weight excluding hydrogens is 272 g/mol. The van der Waals surface area contributed by atoms with E-state index in [9.17, 15) is 19.8 Å². The number of phenolic OH excluding ortho intramolecular Hbond substituents is 2. The molecule has 21 heavy (non-hydrogen) atoms. The van der Waals surface area contributed by atoms with Crippen LogP contribution in [0, 0.1) is 5.92 Å². The summed E-state index contributed by atoms with van der Waals surface area (Å²) in [7, 11) is 0. The average molecular weight is 290 g/mol. The van der Waals surface area contributed by atoms with E-state index in [4.69, 9.17) is 4.74 Å². The molecule has 1 aliphatic heterocycles. The summed E-state index contributed by atoms with van der Waals surface area (Å²) in [6.07, 6.45) is 1.98. The van der Waals surface area contributed by atoms with Gasteiger partial charge in [0.2, 0.25) is 0 Å². The van der Waals surface area contributed by atoms with E-state index >= 15 is 0 Å². The lowest BCUT2D eigenvalue weighted by molar-refractivity contribution is -0.143. The zero-order chi connectivity index (χ0) is 15.6. The van der Waals surface area contributed by atoms with Gasteiger partial charge in [0.1, 0.15) is 17.6 Å². The Bertz CT molecular complexity index is 599. The number of ether oxygens (including phenoxy) is 1. The maximum absolute atomic E-state index is 12.2. The standard InChI is InChI=1S/C16H18O5/c1-9(2)5-12-6-10(16(20)21-12)7-15(19)13-8-11(17)3-4-14(13)18/h3-5,8,10,12,17-18H,6-7H2,1-2H3/t10-,12+/m0/s1. The highest BCUT2D eigenvalue weighted by atomic mass is 16.5. The summed E-state index contributed by atoms with van der Waals surface area (Å²) in [5.74, 6) is -1.61. The Hall–Kier alpha value is -2.30. The van der Waals surface area contributed by atoms with Crippen molar-refractivity contribution in [2.45, 2.75) is 32.8 Å². The van der Waals surface area contributed by atoms with Crippen molar-refractivity contribution in [2.75, 3.05) is 0 Å². The molecule has 2 rings (SSSR count). The van der Waals surface area contributed by atoms with E-state index in [2.05, 4.69) is 0 Å². The lowest BCUT2D eigenvalue weighted by Gasteiger charge is -2.07. The van der Waals surface area contributed by atoms with Crippen LogP contribution in [-0.2, 0) is 9.53 Å². The second-order valence-electron chi connectivity index (χ2n) is 5.48. The molecule has 1 aliphatic rings. The molecule has 0 spiro atoms. The number of ketones is 1. The number of aromatic hydroxyl groups is 2. The van der Waals surface area contributed by atoms with Crippen molar-refractivity contribution in [3.63, 3.8) is 0 Å². The minimum atomic E-state index is -0.514. The number of benzene rings is 1. The van der Waals surface area contributed by atoms with Gasteiger partial charge in [-0.15, -0.1) is 0 Å². The Kier molecular flexibility index (Phi) is 4.31. The number of hydrogen-bond acceptors (Lipinski definition) is 5. The molecule has 0 aromatic heterocycles. The molecular formula is C16H18O5. The third kappa shape index (κ3) is 3.62. The Labute approximate surface area is 122 Å². The third-order valence-electron chi connectivity index (χ3n) is 3.35. The van der Waals surface area contributed by atoms with Gasteiger partial charge in [-0.25, -0.2) is 0 Å². The molecule has 5 nitrogen and oxygen atoms in total. The molecule has 5 heteroatoms. The number of hydrogen-bond donors (Lipinski definition) is 2. The normalized spacial score (nSPS) is 21.0. The summed E-state index contributed by atoms with van der Waals surface area (Å²) in [5.41, 5.74) is 1.07. The minimum Gasteiger partial charge on any atom is -0.508 e. The Balaban J connectivity index is 2.08.